The molecule has 0 fully saturated rings. The van der Waals surface area contributed by atoms with Gasteiger partial charge in [-0.2, -0.15) is 0 Å². The number of thiazole rings is 1. The zero-order valence-electron chi connectivity index (χ0n) is 12.1. The van der Waals surface area contributed by atoms with E-state index in [-0.39, 0.29) is 11.7 Å². The highest BCUT2D eigenvalue weighted by molar-refractivity contribution is 7.18. The van der Waals surface area contributed by atoms with E-state index in [2.05, 4.69) is 10.3 Å². The highest BCUT2D eigenvalue weighted by Gasteiger charge is 2.21. The summed E-state index contributed by atoms with van der Waals surface area (Å²) in [5, 5.41) is 3.31. The number of hydrogen-bond acceptors (Lipinski definition) is 5. The number of ketones is 1. The maximum Gasteiger partial charge on any atom is 0.229 e. The Hall–Kier alpha value is -2.21. The largest absolute Gasteiger partial charge is 0.354 e. The molecule has 0 bridgehead atoms. The minimum absolute atomic E-state index is 0.146. The maximum atomic E-state index is 12.6. The standard InChI is InChI=1S/C15H16N3O2S/c1-4-11(19)16-14-13(21-15(17-14)18(2)3)12(20)10-8-6-5-7-9-10/h4-9H,1-3H3,(H,16,19). The van der Waals surface area contributed by atoms with Crippen LogP contribution in [0.5, 0.6) is 0 Å². The molecule has 2 rings (SSSR count). The summed E-state index contributed by atoms with van der Waals surface area (Å²) in [5.41, 5.74) is 0.572. The monoisotopic (exact) mass is 302 g/mol. The molecule has 0 atom stereocenters. The number of benzene rings is 1. The predicted octanol–water partition coefficient (Wildman–Crippen LogP) is 2.60. The van der Waals surface area contributed by atoms with Gasteiger partial charge in [0.15, 0.2) is 10.9 Å². The minimum Gasteiger partial charge on any atom is -0.354 e. The van der Waals surface area contributed by atoms with Gasteiger partial charge >= 0.3 is 0 Å². The molecule has 1 heterocycles. The number of amides is 1. The highest BCUT2D eigenvalue weighted by Crippen LogP contribution is 2.31. The van der Waals surface area contributed by atoms with E-state index in [1.54, 1.807) is 36.1 Å². The van der Waals surface area contributed by atoms with E-state index >= 15 is 0 Å². The first-order chi connectivity index (χ1) is 10.0. The number of nitrogens with zero attached hydrogens (tertiary/aromatic N) is 2. The predicted molar refractivity (Wildman–Crippen MR) is 84.9 cm³/mol. The van der Waals surface area contributed by atoms with E-state index in [0.29, 0.717) is 21.4 Å². The van der Waals surface area contributed by atoms with Gasteiger partial charge in [0.25, 0.3) is 0 Å². The molecule has 0 spiro atoms. The van der Waals surface area contributed by atoms with Gasteiger partial charge in [0, 0.05) is 26.1 Å². The first kappa shape index (κ1) is 15.2. The Labute approximate surface area is 127 Å². The molecule has 0 aliphatic rings. The van der Waals surface area contributed by atoms with Gasteiger partial charge in [0.1, 0.15) is 4.88 Å². The smallest absolute Gasteiger partial charge is 0.229 e. The van der Waals surface area contributed by atoms with E-state index in [1.165, 1.54) is 17.8 Å². The summed E-state index contributed by atoms with van der Waals surface area (Å²) in [6.45, 7) is 1.63. The molecular weight excluding hydrogens is 286 g/mol. The van der Waals surface area contributed by atoms with Gasteiger partial charge in [0.2, 0.25) is 11.7 Å². The summed E-state index contributed by atoms with van der Waals surface area (Å²) in [5.74, 6) is -0.124. The summed E-state index contributed by atoms with van der Waals surface area (Å²) in [6, 6.07) is 8.95. The summed E-state index contributed by atoms with van der Waals surface area (Å²) < 4.78 is 0. The number of carbonyl (C=O) groups excluding carboxylic acids is 2. The SMILES string of the molecule is C[CH]C(=O)Nc1nc(N(C)C)sc1C(=O)c1ccccc1. The van der Waals surface area contributed by atoms with Gasteiger partial charge in [-0.3, -0.25) is 9.59 Å². The Kier molecular flexibility index (Phi) is 4.70. The third-order valence-corrected chi connectivity index (χ3v) is 3.97. The van der Waals surface area contributed by atoms with Crippen molar-refractivity contribution in [1.29, 1.82) is 0 Å². The first-order valence-electron chi connectivity index (χ1n) is 6.41. The molecule has 6 heteroatoms. The van der Waals surface area contributed by atoms with Crippen molar-refractivity contribution in [1.82, 2.24) is 4.98 Å². The molecule has 1 N–H and O–H groups in total. The number of rotatable bonds is 5. The van der Waals surface area contributed by atoms with E-state index in [0.717, 1.165) is 0 Å². The van der Waals surface area contributed by atoms with Crippen molar-refractivity contribution in [3.05, 3.63) is 47.2 Å². The van der Waals surface area contributed by atoms with Gasteiger partial charge in [0.05, 0.1) is 0 Å². The number of nitrogens with one attached hydrogen (secondary N) is 1. The fourth-order valence-corrected chi connectivity index (χ4v) is 2.55. The van der Waals surface area contributed by atoms with Crippen LogP contribution < -0.4 is 10.2 Å². The van der Waals surface area contributed by atoms with Crippen molar-refractivity contribution in [2.45, 2.75) is 6.92 Å². The Bertz CT molecular complexity index is 650. The quantitative estimate of drug-likeness (QED) is 0.862. The third kappa shape index (κ3) is 3.46. The molecule has 0 aliphatic heterocycles. The maximum absolute atomic E-state index is 12.6. The van der Waals surface area contributed by atoms with Crippen LogP contribution >= 0.6 is 11.3 Å². The second-order valence-corrected chi connectivity index (χ2v) is 5.52. The van der Waals surface area contributed by atoms with Crippen molar-refractivity contribution in [3.63, 3.8) is 0 Å². The van der Waals surface area contributed by atoms with Crippen LogP contribution in [-0.2, 0) is 4.79 Å². The van der Waals surface area contributed by atoms with Gasteiger partial charge in [-0.25, -0.2) is 4.98 Å². The molecular formula is C15H16N3O2S. The second-order valence-electron chi connectivity index (χ2n) is 4.54. The van der Waals surface area contributed by atoms with Crippen LogP contribution in [0.2, 0.25) is 0 Å². The lowest BCUT2D eigenvalue weighted by Crippen LogP contribution is -2.14. The van der Waals surface area contributed by atoms with Crippen molar-refractivity contribution < 1.29 is 9.59 Å². The Balaban J connectivity index is 2.41. The van der Waals surface area contributed by atoms with Crippen molar-refractivity contribution >= 4 is 34.0 Å². The first-order valence-corrected chi connectivity index (χ1v) is 7.22. The number of aromatic nitrogens is 1. The summed E-state index contributed by atoms with van der Waals surface area (Å²) >= 11 is 1.26. The molecule has 5 nitrogen and oxygen atoms in total. The summed E-state index contributed by atoms with van der Waals surface area (Å²) in [7, 11) is 3.68. The zero-order valence-corrected chi connectivity index (χ0v) is 12.9. The van der Waals surface area contributed by atoms with Crippen LogP contribution in [0.3, 0.4) is 0 Å². The molecule has 0 aliphatic carbocycles. The lowest BCUT2D eigenvalue weighted by atomic mass is 10.1. The summed E-state index contributed by atoms with van der Waals surface area (Å²) in [4.78, 5) is 30.7. The molecule has 0 saturated heterocycles. The molecule has 2 aromatic rings. The van der Waals surface area contributed by atoms with Gasteiger partial charge in [-0.05, 0) is 0 Å². The van der Waals surface area contributed by atoms with Crippen LogP contribution in [0.4, 0.5) is 10.9 Å². The van der Waals surface area contributed by atoms with Crippen LogP contribution in [-0.4, -0.2) is 30.8 Å². The topological polar surface area (TPSA) is 62.3 Å². The molecule has 1 aromatic heterocycles. The van der Waals surface area contributed by atoms with Crippen LogP contribution in [0.15, 0.2) is 30.3 Å². The third-order valence-electron chi connectivity index (χ3n) is 2.74. The molecule has 1 amide bonds. The summed E-state index contributed by atoms with van der Waals surface area (Å²) in [6.07, 6.45) is 1.39. The molecule has 0 unspecified atom stereocenters. The van der Waals surface area contributed by atoms with Gasteiger partial charge < -0.3 is 10.2 Å². The van der Waals surface area contributed by atoms with Crippen LogP contribution in [0.1, 0.15) is 22.2 Å². The van der Waals surface area contributed by atoms with Crippen molar-refractivity contribution in [3.8, 4) is 0 Å². The number of hydrogen-bond donors (Lipinski definition) is 1. The highest BCUT2D eigenvalue weighted by atomic mass is 32.1. The lowest BCUT2D eigenvalue weighted by Gasteiger charge is -2.05. The minimum atomic E-state index is -0.285. The van der Waals surface area contributed by atoms with E-state index in [1.807, 2.05) is 20.2 Å². The molecule has 1 radical (unpaired) electrons. The fraction of sp³-hybridized carbons (Fsp3) is 0.200. The molecule has 1 aromatic carbocycles. The van der Waals surface area contributed by atoms with Crippen molar-refractivity contribution in [2.75, 3.05) is 24.3 Å². The van der Waals surface area contributed by atoms with Crippen molar-refractivity contribution in [2.24, 2.45) is 0 Å². The molecule has 0 saturated carbocycles. The number of anilines is 2. The van der Waals surface area contributed by atoms with Gasteiger partial charge in [-0.15, -0.1) is 0 Å². The van der Waals surface area contributed by atoms with E-state index in [4.69, 9.17) is 0 Å². The zero-order chi connectivity index (χ0) is 15.4. The molecule has 109 valence electrons. The fourth-order valence-electron chi connectivity index (χ4n) is 1.65. The lowest BCUT2D eigenvalue weighted by molar-refractivity contribution is -0.113. The average Bonchev–Trinajstić information content (AvgIpc) is 2.91. The Morgan fingerprint density at radius 1 is 1.24 bits per heavy atom. The van der Waals surface area contributed by atoms with Crippen LogP contribution in [0, 0.1) is 6.42 Å². The second kappa shape index (κ2) is 6.49. The van der Waals surface area contributed by atoms with E-state index in [9.17, 15) is 9.59 Å². The number of carbonyl (C=O) groups is 2. The van der Waals surface area contributed by atoms with Gasteiger partial charge in [-0.1, -0.05) is 48.6 Å². The van der Waals surface area contributed by atoms with E-state index < -0.39 is 0 Å². The normalized spacial score (nSPS) is 10.2. The van der Waals surface area contributed by atoms with Crippen LogP contribution in [0.25, 0.3) is 0 Å². The Morgan fingerprint density at radius 3 is 2.48 bits per heavy atom. The Morgan fingerprint density at radius 2 is 1.90 bits per heavy atom. The molecule has 21 heavy (non-hydrogen) atoms. The average molecular weight is 302 g/mol.